The zero-order valence-corrected chi connectivity index (χ0v) is 15.9. The van der Waals surface area contributed by atoms with Crippen LogP contribution in [0, 0.1) is 19.8 Å². The molecule has 1 heterocycles. The Morgan fingerprint density at radius 2 is 2.00 bits per heavy atom. The molecule has 1 atom stereocenters. The van der Waals surface area contributed by atoms with Gasteiger partial charge < -0.3 is 11.1 Å². The zero-order valence-electron chi connectivity index (χ0n) is 14.3. The highest BCUT2D eigenvalue weighted by molar-refractivity contribution is 9.10. The molecule has 6 heteroatoms. The number of carbonyl (C=O) groups is 1. The summed E-state index contributed by atoms with van der Waals surface area (Å²) in [4.78, 5) is 12.5. The Hall–Kier alpha value is -1.66. The molecule has 1 aromatic heterocycles. The minimum atomic E-state index is -0.309. The number of carbonyl (C=O) groups excluding carboxylic acids is 1. The lowest BCUT2D eigenvalue weighted by Crippen LogP contribution is -2.53. The van der Waals surface area contributed by atoms with Gasteiger partial charge in [0.05, 0.1) is 27.1 Å². The number of hydrogen-bond donors (Lipinski definition) is 2. The van der Waals surface area contributed by atoms with Crippen molar-refractivity contribution in [2.24, 2.45) is 11.7 Å². The van der Waals surface area contributed by atoms with Gasteiger partial charge in [0, 0.05) is 12.1 Å². The average Bonchev–Trinajstić information content (AvgIpc) is 3.40. The molecule has 0 radical (unpaired) electrons. The van der Waals surface area contributed by atoms with E-state index in [0.29, 0.717) is 18.0 Å². The van der Waals surface area contributed by atoms with Crippen molar-refractivity contribution in [1.82, 2.24) is 15.1 Å². The number of halogens is 1. The standard InChI is InChI=1S/C18H23BrN4O/c1-11-16(19)12(2)23(22-11)15-8-4-13(5-9-15)17(24)21-18(3,10-20)14-6-7-14/h4-5,8-9,14H,6-7,10,20H2,1-3H3,(H,21,24). The van der Waals surface area contributed by atoms with Gasteiger partial charge in [0.15, 0.2) is 0 Å². The van der Waals surface area contributed by atoms with E-state index in [9.17, 15) is 4.79 Å². The van der Waals surface area contributed by atoms with E-state index in [0.717, 1.165) is 34.4 Å². The normalized spacial score (nSPS) is 16.7. The van der Waals surface area contributed by atoms with E-state index in [1.807, 2.05) is 49.7 Å². The maximum Gasteiger partial charge on any atom is 0.251 e. The number of nitrogens with zero attached hydrogens (tertiary/aromatic N) is 2. The summed E-state index contributed by atoms with van der Waals surface area (Å²) < 4.78 is 2.88. The fourth-order valence-electron chi connectivity index (χ4n) is 3.00. The van der Waals surface area contributed by atoms with Crippen LogP contribution in [0.5, 0.6) is 0 Å². The molecule has 0 spiro atoms. The van der Waals surface area contributed by atoms with Gasteiger partial charge in [0.2, 0.25) is 0 Å². The number of rotatable bonds is 5. The Morgan fingerprint density at radius 3 is 2.46 bits per heavy atom. The molecule has 3 N–H and O–H groups in total. The van der Waals surface area contributed by atoms with Crippen LogP contribution < -0.4 is 11.1 Å². The first-order valence-corrected chi connectivity index (χ1v) is 9.00. The highest BCUT2D eigenvalue weighted by atomic mass is 79.9. The van der Waals surface area contributed by atoms with Gasteiger partial charge in [-0.15, -0.1) is 0 Å². The Kier molecular flexibility index (Phi) is 4.53. The number of benzene rings is 1. The highest BCUT2D eigenvalue weighted by Crippen LogP contribution is 2.39. The third kappa shape index (κ3) is 3.13. The van der Waals surface area contributed by atoms with Crippen molar-refractivity contribution >= 4 is 21.8 Å². The molecule has 0 bridgehead atoms. The minimum absolute atomic E-state index is 0.0732. The molecule has 2 aromatic rings. The van der Waals surface area contributed by atoms with Gasteiger partial charge >= 0.3 is 0 Å². The molecule has 1 unspecified atom stereocenters. The molecule has 0 saturated heterocycles. The van der Waals surface area contributed by atoms with Crippen molar-refractivity contribution in [3.8, 4) is 5.69 Å². The molecule has 3 rings (SSSR count). The quantitative estimate of drug-likeness (QED) is 0.823. The molecule has 24 heavy (non-hydrogen) atoms. The Bertz CT molecular complexity index is 764. The molecular formula is C18H23BrN4O. The first kappa shape index (κ1) is 17.2. The van der Waals surface area contributed by atoms with Crippen LogP contribution >= 0.6 is 15.9 Å². The van der Waals surface area contributed by atoms with E-state index < -0.39 is 0 Å². The Morgan fingerprint density at radius 1 is 1.38 bits per heavy atom. The third-order valence-corrected chi connectivity index (χ3v) is 6.03. The second-order valence-electron chi connectivity index (χ2n) is 6.79. The van der Waals surface area contributed by atoms with Crippen molar-refractivity contribution < 1.29 is 4.79 Å². The lowest BCUT2D eigenvalue weighted by Gasteiger charge is -2.29. The topological polar surface area (TPSA) is 72.9 Å². The van der Waals surface area contributed by atoms with Crippen molar-refractivity contribution in [2.45, 2.75) is 39.2 Å². The van der Waals surface area contributed by atoms with E-state index in [2.05, 4.69) is 26.3 Å². The van der Waals surface area contributed by atoms with E-state index in [1.165, 1.54) is 0 Å². The van der Waals surface area contributed by atoms with E-state index in [1.54, 1.807) is 0 Å². The number of amides is 1. The van der Waals surface area contributed by atoms with Gasteiger partial charge in [-0.3, -0.25) is 4.79 Å². The monoisotopic (exact) mass is 390 g/mol. The van der Waals surface area contributed by atoms with Gasteiger partial charge in [-0.2, -0.15) is 5.10 Å². The molecular weight excluding hydrogens is 368 g/mol. The van der Waals surface area contributed by atoms with E-state index in [-0.39, 0.29) is 11.4 Å². The minimum Gasteiger partial charge on any atom is -0.345 e. The van der Waals surface area contributed by atoms with Crippen LogP contribution in [0.25, 0.3) is 5.69 Å². The lowest BCUT2D eigenvalue weighted by atomic mass is 9.95. The summed E-state index contributed by atoms with van der Waals surface area (Å²) in [7, 11) is 0. The van der Waals surface area contributed by atoms with Crippen molar-refractivity contribution in [2.75, 3.05) is 6.54 Å². The van der Waals surface area contributed by atoms with E-state index in [4.69, 9.17) is 5.73 Å². The van der Waals surface area contributed by atoms with Crippen LogP contribution in [-0.4, -0.2) is 27.8 Å². The van der Waals surface area contributed by atoms with Gasteiger partial charge in [-0.05, 0) is 79.7 Å². The zero-order chi connectivity index (χ0) is 17.5. The maximum absolute atomic E-state index is 12.5. The summed E-state index contributed by atoms with van der Waals surface area (Å²) in [5, 5.41) is 7.62. The number of aromatic nitrogens is 2. The molecule has 0 aliphatic heterocycles. The predicted molar refractivity (Wildman–Crippen MR) is 98.4 cm³/mol. The summed E-state index contributed by atoms with van der Waals surface area (Å²) in [5.74, 6) is 0.425. The predicted octanol–water partition coefficient (Wildman–Crippen LogP) is 3.11. The van der Waals surface area contributed by atoms with Gasteiger partial charge in [-0.1, -0.05) is 0 Å². The van der Waals surface area contributed by atoms with Crippen LogP contribution in [0.4, 0.5) is 0 Å². The first-order valence-electron chi connectivity index (χ1n) is 8.20. The van der Waals surface area contributed by atoms with Crippen LogP contribution in [0.3, 0.4) is 0 Å². The molecule has 1 saturated carbocycles. The highest BCUT2D eigenvalue weighted by Gasteiger charge is 2.41. The second kappa shape index (κ2) is 6.33. The maximum atomic E-state index is 12.5. The molecule has 1 fully saturated rings. The number of nitrogens with two attached hydrogens (primary N) is 1. The first-order chi connectivity index (χ1) is 11.4. The summed E-state index contributed by atoms with van der Waals surface area (Å²) in [6.45, 7) is 6.46. The third-order valence-electron chi connectivity index (χ3n) is 4.88. The van der Waals surface area contributed by atoms with Gasteiger partial charge in [0.25, 0.3) is 5.91 Å². The molecule has 1 aliphatic rings. The van der Waals surface area contributed by atoms with Gasteiger partial charge in [0.1, 0.15) is 0 Å². The summed E-state index contributed by atoms with van der Waals surface area (Å²) in [6.07, 6.45) is 2.28. The summed E-state index contributed by atoms with van der Waals surface area (Å²) >= 11 is 3.54. The van der Waals surface area contributed by atoms with Crippen LogP contribution in [0.15, 0.2) is 28.7 Å². The molecule has 1 aliphatic carbocycles. The SMILES string of the molecule is Cc1nn(-c2ccc(C(=O)NC(C)(CN)C3CC3)cc2)c(C)c1Br. The van der Waals surface area contributed by atoms with E-state index >= 15 is 0 Å². The summed E-state index contributed by atoms with van der Waals surface area (Å²) in [6, 6.07) is 7.49. The average molecular weight is 391 g/mol. The van der Waals surface area contributed by atoms with Crippen molar-refractivity contribution in [3.63, 3.8) is 0 Å². The van der Waals surface area contributed by atoms with Crippen LogP contribution in [0.2, 0.25) is 0 Å². The second-order valence-corrected chi connectivity index (χ2v) is 7.59. The fraction of sp³-hybridized carbons (Fsp3) is 0.444. The molecule has 1 aromatic carbocycles. The lowest BCUT2D eigenvalue weighted by molar-refractivity contribution is 0.0898. The number of aryl methyl sites for hydroxylation is 1. The largest absolute Gasteiger partial charge is 0.345 e. The fourth-order valence-corrected chi connectivity index (χ4v) is 3.25. The number of nitrogens with one attached hydrogen (secondary N) is 1. The Labute approximate surface area is 150 Å². The van der Waals surface area contributed by atoms with Crippen molar-refractivity contribution in [3.05, 3.63) is 45.7 Å². The Balaban J connectivity index is 1.79. The van der Waals surface area contributed by atoms with Crippen molar-refractivity contribution in [1.29, 1.82) is 0 Å². The summed E-state index contributed by atoms with van der Waals surface area (Å²) in [5.41, 5.74) is 9.12. The van der Waals surface area contributed by atoms with Crippen LogP contribution in [-0.2, 0) is 0 Å². The molecule has 128 valence electrons. The molecule has 5 nitrogen and oxygen atoms in total. The molecule has 1 amide bonds. The van der Waals surface area contributed by atoms with Crippen LogP contribution in [0.1, 0.15) is 41.5 Å². The number of hydrogen-bond acceptors (Lipinski definition) is 3. The smallest absolute Gasteiger partial charge is 0.251 e. The van der Waals surface area contributed by atoms with Gasteiger partial charge in [-0.25, -0.2) is 4.68 Å².